The number of alkyl halides is 3. The molecule has 7 heteroatoms. The van der Waals surface area contributed by atoms with E-state index in [0.717, 1.165) is 12.1 Å². The van der Waals surface area contributed by atoms with Gasteiger partial charge in [-0.1, -0.05) is 17.7 Å². The first-order valence-corrected chi connectivity index (χ1v) is 5.54. The molecular weight excluding hydrogens is 283 g/mol. The molecule has 0 radical (unpaired) electrons. The van der Waals surface area contributed by atoms with Crippen LogP contribution in [0.2, 0.25) is 5.02 Å². The molecule has 1 rings (SSSR count). The number of ether oxygens (including phenoxy) is 1. The lowest BCUT2D eigenvalue weighted by Gasteiger charge is -2.11. The zero-order valence-corrected chi connectivity index (χ0v) is 10.4. The van der Waals surface area contributed by atoms with Gasteiger partial charge in [0.25, 0.3) is 0 Å². The number of Topliss-reactive ketones (excluding diaryl/α,β-unsaturated/α-hetero) is 1. The van der Waals surface area contributed by atoms with Crippen LogP contribution in [-0.4, -0.2) is 12.4 Å². The van der Waals surface area contributed by atoms with Gasteiger partial charge in [0.05, 0.1) is 29.7 Å². The van der Waals surface area contributed by atoms with Gasteiger partial charge in [0.1, 0.15) is 6.61 Å². The molecule has 1 aromatic rings. The highest BCUT2D eigenvalue weighted by atomic mass is 35.5. The Labute approximate surface area is 112 Å². The number of nitriles is 1. The number of halogens is 4. The van der Waals surface area contributed by atoms with Gasteiger partial charge in [0.2, 0.25) is 0 Å². The quantitative estimate of drug-likeness (QED) is 0.836. The fourth-order valence-corrected chi connectivity index (χ4v) is 1.53. The fraction of sp³-hybridized carbons (Fsp3) is 0.333. The van der Waals surface area contributed by atoms with Crippen LogP contribution in [0, 0.1) is 11.3 Å². The van der Waals surface area contributed by atoms with E-state index in [2.05, 4.69) is 0 Å². The maximum Gasteiger partial charge on any atom is 0.417 e. The van der Waals surface area contributed by atoms with Gasteiger partial charge in [-0.3, -0.25) is 4.79 Å². The molecule has 3 nitrogen and oxygen atoms in total. The lowest BCUT2D eigenvalue weighted by molar-refractivity contribution is -0.137. The van der Waals surface area contributed by atoms with E-state index in [4.69, 9.17) is 21.6 Å². The van der Waals surface area contributed by atoms with E-state index in [0.29, 0.717) is 0 Å². The molecule has 0 spiro atoms. The summed E-state index contributed by atoms with van der Waals surface area (Å²) in [4.78, 5) is 11.0. The van der Waals surface area contributed by atoms with Crippen molar-refractivity contribution < 1.29 is 22.7 Å². The minimum Gasteiger partial charge on any atom is -0.369 e. The zero-order chi connectivity index (χ0) is 14.5. The number of benzene rings is 1. The first-order chi connectivity index (χ1) is 8.84. The number of ketones is 1. The van der Waals surface area contributed by atoms with Crippen molar-refractivity contribution in [1.29, 1.82) is 5.26 Å². The van der Waals surface area contributed by atoms with Gasteiger partial charge in [-0.2, -0.15) is 18.4 Å². The van der Waals surface area contributed by atoms with E-state index >= 15 is 0 Å². The molecule has 102 valence electrons. The molecule has 0 bridgehead atoms. The topological polar surface area (TPSA) is 50.1 Å². The monoisotopic (exact) mass is 291 g/mol. The van der Waals surface area contributed by atoms with Crippen molar-refractivity contribution in [3.8, 4) is 6.07 Å². The highest BCUT2D eigenvalue weighted by Gasteiger charge is 2.33. The molecule has 1 aromatic carbocycles. The van der Waals surface area contributed by atoms with Crippen LogP contribution in [0.4, 0.5) is 13.2 Å². The average Bonchev–Trinajstić information content (AvgIpc) is 2.30. The molecule has 0 saturated carbocycles. The lowest BCUT2D eigenvalue weighted by atomic mass is 10.1. The summed E-state index contributed by atoms with van der Waals surface area (Å²) in [5.41, 5.74) is -0.694. The van der Waals surface area contributed by atoms with Crippen molar-refractivity contribution in [2.75, 3.05) is 6.61 Å². The van der Waals surface area contributed by atoms with Gasteiger partial charge in [0, 0.05) is 0 Å². The van der Waals surface area contributed by atoms with Crippen LogP contribution in [0.1, 0.15) is 17.5 Å². The van der Waals surface area contributed by atoms with Crippen molar-refractivity contribution in [3.63, 3.8) is 0 Å². The van der Waals surface area contributed by atoms with Crippen LogP contribution in [0.15, 0.2) is 18.2 Å². The minimum atomic E-state index is -4.54. The molecule has 0 aromatic heterocycles. The molecule has 0 fully saturated rings. The smallest absolute Gasteiger partial charge is 0.369 e. The highest BCUT2D eigenvalue weighted by Crippen LogP contribution is 2.35. The third kappa shape index (κ3) is 4.89. The Morgan fingerprint density at radius 3 is 2.68 bits per heavy atom. The van der Waals surface area contributed by atoms with Crippen molar-refractivity contribution in [1.82, 2.24) is 0 Å². The second-order valence-electron chi connectivity index (χ2n) is 3.68. The largest absolute Gasteiger partial charge is 0.417 e. The van der Waals surface area contributed by atoms with Gasteiger partial charge in [-0.15, -0.1) is 0 Å². The Bertz CT molecular complexity index is 509. The lowest BCUT2D eigenvalue weighted by Crippen LogP contribution is -2.09. The first-order valence-electron chi connectivity index (χ1n) is 5.16. The summed E-state index contributed by atoms with van der Waals surface area (Å²) in [6.45, 7) is -0.463. The maximum atomic E-state index is 12.6. The summed E-state index contributed by atoms with van der Waals surface area (Å²) in [5, 5.41) is 7.85. The van der Waals surface area contributed by atoms with E-state index in [1.807, 2.05) is 0 Å². The molecular formula is C12H9ClF3NO2. The van der Waals surface area contributed by atoms with Crippen LogP contribution in [0.25, 0.3) is 0 Å². The van der Waals surface area contributed by atoms with Crippen LogP contribution in [0.5, 0.6) is 0 Å². The summed E-state index contributed by atoms with van der Waals surface area (Å²) in [5.74, 6) is -0.424. The molecule has 0 aliphatic carbocycles. The van der Waals surface area contributed by atoms with E-state index in [1.54, 1.807) is 6.07 Å². The van der Waals surface area contributed by atoms with Crippen molar-refractivity contribution in [2.24, 2.45) is 0 Å². The summed E-state index contributed by atoms with van der Waals surface area (Å²) < 4.78 is 42.6. The predicted octanol–water partition coefficient (Wildman–Crippen LogP) is 3.36. The number of hydrogen-bond donors (Lipinski definition) is 0. The molecule has 0 N–H and O–H groups in total. The number of rotatable bonds is 5. The summed E-state index contributed by atoms with van der Waals surface area (Å²) in [6.07, 6.45) is -4.82. The Kier molecular flexibility index (Phi) is 5.33. The number of hydrogen-bond acceptors (Lipinski definition) is 3. The van der Waals surface area contributed by atoms with Crippen molar-refractivity contribution in [2.45, 2.75) is 19.2 Å². The number of nitrogens with zero attached hydrogens (tertiary/aromatic N) is 1. The van der Waals surface area contributed by atoms with E-state index in [1.165, 1.54) is 6.07 Å². The van der Waals surface area contributed by atoms with E-state index in [9.17, 15) is 18.0 Å². The van der Waals surface area contributed by atoms with Crippen LogP contribution < -0.4 is 0 Å². The zero-order valence-electron chi connectivity index (χ0n) is 9.63. The predicted molar refractivity (Wildman–Crippen MR) is 61.3 cm³/mol. The SMILES string of the molecule is N#CCC(=O)COCc1ccc(Cl)c(C(F)(F)F)c1. The van der Waals surface area contributed by atoms with Gasteiger partial charge in [-0.05, 0) is 17.7 Å². The van der Waals surface area contributed by atoms with E-state index in [-0.39, 0.29) is 25.2 Å². The molecule has 0 aliphatic heterocycles. The van der Waals surface area contributed by atoms with E-state index < -0.39 is 22.5 Å². The summed E-state index contributed by atoms with van der Waals surface area (Å²) in [7, 11) is 0. The van der Waals surface area contributed by atoms with Gasteiger partial charge < -0.3 is 4.74 Å². The Balaban J connectivity index is 2.66. The Morgan fingerprint density at radius 2 is 2.11 bits per heavy atom. The van der Waals surface area contributed by atoms with Crippen molar-refractivity contribution in [3.05, 3.63) is 34.3 Å². The second-order valence-corrected chi connectivity index (χ2v) is 4.09. The third-order valence-electron chi connectivity index (χ3n) is 2.14. The van der Waals surface area contributed by atoms with Gasteiger partial charge in [0.15, 0.2) is 5.78 Å². The second kappa shape index (κ2) is 6.55. The van der Waals surface area contributed by atoms with Crippen LogP contribution in [-0.2, 0) is 22.3 Å². The molecule has 19 heavy (non-hydrogen) atoms. The fourth-order valence-electron chi connectivity index (χ4n) is 1.30. The first kappa shape index (κ1) is 15.5. The van der Waals surface area contributed by atoms with Crippen LogP contribution in [0.3, 0.4) is 0 Å². The molecule has 0 unspecified atom stereocenters. The molecule has 0 amide bonds. The summed E-state index contributed by atoms with van der Waals surface area (Å²) >= 11 is 5.46. The number of carbonyl (C=O) groups is 1. The average molecular weight is 292 g/mol. The molecule has 0 saturated heterocycles. The van der Waals surface area contributed by atoms with Crippen molar-refractivity contribution >= 4 is 17.4 Å². The minimum absolute atomic E-state index is 0.155. The highest BCUT2D eigenvalue weighted by molar-refractivity contribution is 6.31. The standard InChI is InChI=1S/C12H9ClF3NO2/c13-11-2-1-8(5-10(11)12(14,15)16)6-19-7-9(18)3-4-17/h1-2,5H,3,6-7H2. The summed E-state index contributed by atoms with van der Waals surface area (Å²) in [6, 6.07) is 5.04. The number of carbonyl (C=O) groups excluding carboxylic acids is 1. The third-order valence-corrected chi connectivity index (χ3v) is 2.47. The van der Waals surface area contributed by atoms with Gasteiger partial charge in [-0.25, -0.2) is 0 Å². The van der Waals surface area contributed by atoms with Crippen LogP contribution >= 0.6 is 11.6 Å². The molecule has 0 aliphatic rings. The normalized spacial score (nSPS) is 11.1. The maximum absolute atomic E-state index is 12.6. The molecule has 0 atom stereocenters. The molecule has 0 heterocycles. The Hall–Kier alpha value is -1.58. The Morgan fingerprint density at radius 1 is 1.42 bits per heavy atom. The van der Waals surface area contributed by atoms with Gasteiger partial charge >= 0.3 is 6.18 Å².